The van der Waals surface area contributed by atoms with Crippen molar-refractivity contribution < 1.29 is 31.2 Å². The van der Waals surface area contributed by atoms with Crippen LogP contribution in [0.1, 0.15) is 176 Å². The molecule has 8 atom stereocenters. The van der Waals surface area contributed by atoms with Crippen LogP contribution in [0.5, 0.6) is 0 Å². The van der Waals surface area contributed by atoms with Gasteiger partial charge in [-0.05, 0) is 258 Å². The van der Waals surface area contributed by atoms with E-state index in [1.54, 1.807) is 57.2 Å². The molecule has 0 spiro atoms. The third-order valence-corrected chi connectivity index (χ3v) is 33.3. The van der Waals surface area contributed by atoms with E-state index >= 15 is 0 Å². The van der Waals surface area contributed by atoms with E-state index < -0.39 is 27.9 Å². The number of nitrogens with one attached hydrogen (secondary N) is 3. The molecule has 0 bridgehead atoms. The van der Waals surface area contributed by atoms with E-state index in [-0.39, 0.29) is 41.1 Å². The first-order chi connectivity index (χ1) is 69.2. The molecule has 0 radical (unpaired) electrons. The lowest BCUT2D eigenvalue weighted by Gasteiger charge is -2.47. The highest BCUT2D eigenvalue weighted by Gasteiger charge is 2.45. The molecule has 778 valence electrons. The minimum absolute atomic E-state index is 0.0402. The van der Waals surface area contributed by atoms with E-state index in [1.165, 1.54) is 62.1 Å². The standard InChI is InChI=1S/2C26H33Cl2N7O.C25H29Cl2F3N6.C25H33Cl2N7O2S/c2*1-16-25-26(35(32-16)17(2)22-7-6-21(27)11-23(22)28)31-24(12-30-25)34-14-20(15-34)19-5-4-9-33(13-19)10-8-29-18(3)36;1-14(2)34-8-4-5-16(11-34)17-12-35(13-17)21-10-31-22-23(25(28,29)30)33-36(24(22)32-21)15(3)19-7-6-18(26)9-20(19)27;1-16-24-25(34(31-16)17(2)21-7-6-20(26)11-22(21)27)30-23(12-28-24)33-14-19(15-33)18-5-4-9-32(13-18)10-8-29-37(3,35)36/h2*6-7,11-12,17,19-20H,4-5,8-10,13-15H2,1-3H3,(H,29,36);6-7,9-10,14-17H,4-5,8,11-13H2,1-3H3;6-7,11-12,17-19,29H,4-5,8-10,13-15H2,1-3H3/t17-,19+;17-,19-;15-,16+;17-,18+/m1111/s1. The average Bonchev–Trinajstić information content (AvgIpc) is 1.67. The number of anilines is 4. The zero-order chi connectivity index (χ0) is 103. The first-order valence-corrected chi connectivity index (χ1v) is 55.2. The second kappa shape index (κ2) is 46.3. The van der Waals surface area contributed by atoms with Gasteiger partial charge >= 0.3 is 6.18 Å². The molecule has 43 heteroatoms. The summed E-state index contributed by atoms with van der Waals surface area (Å²) in [5.41, 5.74) is 9.45. The first kappa shape index (κ1) is 107. The maximum Gasteiger partial charge on any atom is 0.437 e. The topological polar surface area (TPSA) is 305 Å². The highest BCUT2D eigenvalue weighted by molar-refractivity contribution is 7.88. The van der Waals surface area contributed by atoms with Gasteiger partial charge in [-0.3, -0.25) is 9.59 Å². The summed E-state index contributed by atoms with van der Waals surface area (Å²) in [6.07, 6.45) is 13.3. The van der Waals surface area contributed by atoms with Crippen molar-refractivity contribution in [2.24, 2.45) is 47.3 Å². The Morgan fingerprint density at radius 3 is 0.945 bits per heavy atom. The summed E-state index contributed by atoms with van der Waals surface area (Å²) in [5.74, 6) is 8.37. The molecule has 0 aliphatic carbocycles. The molecular formula is C102H128Cl8F3N27O4S. The number of hydrogen-bond donors (Lipinski definition) is 3. The van der Waals surface area contributed by atoms with E-state index in [9.17, 15) is 31.2 Å². The Labute approximate surface area is 885 Å². The van der Waals surface area contributed by atoms with Gasteiger partial charge < -0.3 is 49.8 Å². The Bertz CT molecular complexity index is 6560. The predicted molar refractivity (Wildman–Crippen MR) is 572 cm³/mol. The molecule has 20 rings (SSSR count). The molecule has 0 unspecified atom stereocenters. The summed E-state index contributed by atoms with van der Waals surface area (Å²) in [4.78, 5) is 79.2. The quantitative estimate of drug-likeness (QED) is 0.0431. The summed E-state index contributed by atoms with van der Waals surface area (Å²) >= 11 is 50.2. The normalized spacial score (nSPS) is 20.2. The van der Waals surface area contributed by atoms with Gasteiger partial charge in [0.05, 0.1) is 72.3 Å². The molecule has 3 N–H and O–H groups in total. The van der Waals surface area contributed by atoms with Crippen LogP contribution in [-0.2, 0) is 25.8 Å². The minimum atomic E-state index is -4.66. The molecule has 0 saturated carbocycles. The molecule has 8 aliphatic heterocycles. The molecule has 8 saturated heterocycles. The Morgan fingerprint density at radius 1 is 0.386 bits per heavy atom. The molecular weight excluding hydrogens is 2040 g/mol. The fraction of sp³-hybridized carbons (Fsp3) is 0.549. The summed E-state index contributed by atoms with van der Waals surface area (Å²) < 4.78 is 73.7. The molecule has 8 aromatic heterocycles. The maximum atomic E-state index is 13.8. The third kappa shape index (κ3) is 25.2. The maximum absolute atomic E-state index is 13.8. The van der Waals surface area contributed by atoms with Gasteiger partial charge in [-0.1, -0.05) is 117 Å². The zero-order valence-electron chi connectivity index (χ0n) is 83.9. The monoisotopic (exact) mass is 2160 g/mol. The van der Waals surface area contributed by atoms with Gasteiger partial charge in [0.25, 0.3) is 0 Å². The molecule has 4 aromatic carbocycles. The number of hydrogen-bond acceptors (Lipinski definition) is 24. The van der Waals surface area contributed by atoms with E-state index in [0.29, 0.717) is 111 Å². The largest absolute Gasteiger partial charge is 0.437 e. The van der Waals surface area contributed by atoms with Crippen LogP contribution in [-0.4, -0.2) is 275 Å². The lowest BCUT2D eigenvalue weighted by molar-refractivity contribution is -0.140. The van der Waals surface area contributed by atoms with Crippen LogP contribution >= 0.6 is 92.8 Å². The van der Waals surface area contributed by atoms with Gasteiger partial charge in [0, 0.05) is 178 Å². The highest BCUT2D eigenvalue weighted by atomic mass is 35.5. The zero-order valence-corrected chi connectivity index (χ0v) is 90.8. The van der Waals surface area contributed by atoms with E-state index in [2.05, 4.69) is 104 Å². The van der Waals surface area contributed by atoms with Crippen LogP contribution in [0.15, 0.2) is 97.6 Å². The number of aryl methyl sites for hydroxylation is 3. The number of fused-ring (bicyclic) bond motifs is 4. The molecule has 8 fully saturated rings. The Kier molecular flexibility index (Phi) is 34.3. The molecule has 8 aliphatic rings. The van der Waals surface area contributed by atoms with Crippen LogP contribution < -0.4 is 35.0 Å². The van der Waals surface area contributed by atoms with E-state index in [0.717, 1.165) is 229 Å². The number of amides is 2. The fourth-order valence-electron chi connectivity index (χ4n) is 21.9. The van der Waals surface area contributed by atoms with Crippen molar-refractivity contribution in [3.8, 4) is 0 Å². The van der Waals surface area contributed by atoms with Crippen LogP contribution in [0.25, 0.3) is 44.7 Å². The summed E-state index contributed by atoms with van der Waals surface area (Å²) in [6, 6.07) is 21.1. The lowest BCUT2D eigenvalue weighted by atomic mass is 9.80. The van der Waals surface area contributed by atoms with E-state index in [4.69, 9.17) is 138 Å². The lowest BCUT2D eigenvalue weighted by Crippen LogP contribution is -2.54. The van der Waals surface area contributed by atoms with Crippen molar-refractivity contribution in [1.82, 2.24) is 114 Å². The summed E-state index contributed by atoms with van der Waals surface area (Å²) in [7, 11) is -3.14. The number of alkyl halides is 3. The van der Waals surface area contributed by atoms with Crippen molar-refractivity contribution in [1.29, 1.82) is 0 Å². The number of sulfonamides is 1. The van der Waals surface area contributed by atoms with Crippen molar-refractivity contribution >= 4 is 183 Å². The average molecular weight is 2170 g/mol. The van der Waals surface area contributed by atoms with Crippen molar-refractivity contribution in [2.75, 3.05) is 170 Å². The van der Waals surface area contributed by atoms with Gasteiger partial charge in [-0.15, -0.1) is 0 Å². The van der Waals surface area contributed by atoms with E-state index in [1.807, 2.05) is 89.8 Å². The summed E-state index contributed by atoms with van der Waals surface area (Å²) in [6.45, 7) is 42.2. The van der Waals surface area contributed by atoms with Crippen molar-refractivity contribution in [3.63, 3.8) is 0 Å². The third-order valence-electron chi connectivity index (χ3n) is 30.3. The van der Waals surface area contributed by atoms with Gasteiger partial charge in [-0.25, -0.2) is 71.7 Å². The van der Waals surface area contributed by atoms with Crippen LogP contribution in [0, 0.1) is 68.1 Å². The second-order valence-electron chi connectivity index (χ2n) is 40.7. The Balaban J connectivity index is 0.000000132. The van der Waals surface area contributed by atoms with Gasteiger partial charge in [0.2, 0.25) is 21.8 Å². The number of nitrogens with zero attached hydrogens (tertiary/aromatic N) is 24. The minimum Gasteiger partial charge on any atom is -0.355 e. The SMILES string of the molecule is CC(=O)NCCN1CCC[C@@H](C2CN(c3cnc4c(C)nn([C@H](C)c5ccc(Cl)cc5Cl)c4n3)C2)C1.CC(=O)NCCN1CCC[C@H](C2CN(c3cnc4c(C)nn([C@H](C)c5ccc(Cl)cc5Cl)c4n3)C2)C1.CC(C)N1CCC[C@H](C2CN(c3cnc4c(C(F)(F)F)nn([C@H](C)c5ccc(Cl)cc5Cl)c4n3)C2)C1.Cc1nn([C@H](C)c2ccc(Cl)cc2Cl)c2nc(N3CC([C@H]4CCCN(CCNS(C)(=O)=O)C4)C3)cnc12. The first-order valence-electron chi connectivity index (χ1n) is 50.3. The number of rotatable bonds is 27. The number of carbonyl (C=O) groups excluding carboxylic acids is 2. The Hall–Kier alpha value is -8.92. The molecule has 12 aromatic rings. The van der Waals surface area contributed by atoms with Gasteiger partial charge in [0.15, 0.2) is 28.3 Å². The number of piperidine rings is 4. The molecule has 145 heavy (non-hydrogen) atoms. The number of aromatic nitrogens is 16. The number of benzene rings is 4. The van der Waals surface area contributed by atoms with Gasteiger partial charge in [0.1, 0.15) is 45.3 Å². The number of carbonyl (C=O) groups is 2. The Morgan fingerprint density at radius 2 is 0.662 bits per heavy atom. The smallest absolute Gasteiger partial charge is 0.355 e. The van der Waals surface area contributed by atoms with Crippen LogP contribution in [0.4, 0.5) is 36.4 Å². The molecule has 16 heterocycles. The van der Waals surface area contributed by atoms with Crippen molar-refractivity contribution in [3.05, 3.63) is 183 Å². The van der Waals surface area contributed by atoms with Gasteiger partial charge in [-0.2, -0.15) is 33.6 Å². The van der Waals surface area contributed by atoms with Crippen molar-refractivity contribution in [2.45, 2.75) is 164 Å². The predicted octanol–water partition coefficient (Wildman–Crippen LogP) is 18.7. The second-order valence-corrected chi connectivity index (χ2v) is 45.9. The number of halogens is 11. The van der Waals surface area contributed by atoms with Crippen LogP contribution in [0.3, 0.4) is 0 Å². The number of likely N-dealkylation sites (tertiary alicyclic amines) is 4. The fourth-order valence-corrected chi connectivity index (χ4v) is 24.6. The molecule has 2 amide bonds. The highest BCUT2D eigenvalue weighted by Crippen LogP contribution is 2.44. The molecule has 31 nitrogen and oxygen atoms in total. The van der Waals surface area contributed by atoms with Crippen LogP contribution in [0.2, 0.25) is 40.2 Å². The summed E-state index contributed by atoms with van der Waals surface area (Å²) in [5, 5.41) is 28.4.